The molecule has 4 rings (SSSR count). The first-order valence-electron chi connectivity index (χ1n) is 10.6. The summed E-state index contributed by atoms with van der Waals surface area (Å²) in [4.78, 5) is 39.2. The summed E-state index contributed by atoms with van der Waals surface area (Å²) >= 11 is 5.30. The molecule has 2 amide bonds. The Kier molecular flexibility index (Phi) is 6.17. The minimum atomic E-state index is -0.535. The zero-order valence-electron chi connectivity index (χ0n) is 19.2. The van der Waals surface area contributed by atoms with Gasteiger partial charge in [0.05, 0.1) is 18.4 Å². The molecule has 0 aliphatic carbocycles. The molecule has 34 heavy (non-hydrogen) atoms. The van der Waals surface area contributed by atoms with Crippen molar-refractivity contribution in [3.05, 3.63) is 88.2 Å². The Bertz CT molecular complexity index is 1370. The molecular formula is C26H23N3O4S. The third kappa shape index (κ3) is 4.04. The number of aromatic nitrogens is 1. The molecule has 1 N–H and O–H groups in total. The van der Waals surface area contributed by atoms with Gasteiger partial charge in [-0.05, 0) is 86.6 Å². The molecule has 2 aromatic carbocycles. The van der Waals surface area contributed by atoms with Gasteiger partial charge in [0.25, 0.3) is 11.8 Å². The molecule has 3 aromatic rings. The predicted octanol–water partition coefficient (Wildman–Crippen LogP) is 4.02. The number of para-hydroxylation sites is 1. The third-order valence-corrected chi connectivity index (χ3v) is 6.06. The summed E-state index contributed by atoms with van der Waals surface area (Å²) in [5.74, 6) is -1.42. The quantitative estimate of drug-likeness (QED) is 0.268. The van der Waals surface area contributed by atoms with Gasteiger partial charge in [-0.15, -0.1) is 0 Å². The second-order valence-electron chi connectivity index (χ2n) is 7.94. The third-order valence-electron chi connectivity index (χ3n) is 5.77. The van der Waals surface area contributed by atoms with Crippen LogP contribution in [-0.4, -0.2) is 34.6 Å². The second kappa shape index (κ2) is 9.07. The summed E-state index contributed by atoms with van der Waals surface area (Å²) in [7, 11) is 1.34. The Morgan fingerprint density at radius 2 is 1.71 bits per heavy atom. The maximum absolute atomic E-state index is 13.4. The number of thiocarbonyl (C=S) groups is 1. The van der Waals surface area contributed by atoms with E-state index in [1.54, 1.807) is 24.3 Å². The summed E-state index contributed by atoms with van der Waals surface area (Å²) in [5.41, 5.74) is 5.25. The predicted molar refractivity (Wildman–Crippen MR) is 134 cm³/mol. The zero-order valence-corrected chi connectivity index (χ0v) is 20.0. The number of hydrogen-bond acceptors (Lipinski definition) is 5. The Balaban J connectivity index is 1.73. The van der Waals surface area contributed by atoms with Crippen LogP contribution in [0.1, 0.15) is 32.9 Å². The molecule has 1 aliphatic heterocycles. The molecule has 172 valence electrons. The van der Waals surface area contributed by atoms with Crippen LogP contribution in [0.4, 0.5) is 5.69 Å². The highest BCUT2D eigenvalue weighted by Crippen LogP contribution is 2.27. The van der Waals surface area contributed by atoms with E-state index in [9.17, 15) is 14.4 Å². The Morgan fingerprint density at radius 1 is 1.03 bits per heavy atom. The lowest BCUT2D eigenvalue weighted by Gasteiger charge is -2.30. The molecule has 0 radical (unpaired) electrons. The molecule has 1 saturated heterocycles. The fraction of sp³-hybridized carbons (Fsp3) is 0.154. The van der Waals surface area contributed by atoms with Gasteiger partial charge in [-0.25, -0.2) is 4.79 Å². The lowest BCUT2D eigenvalue weighted by Crippen LogP contribution is -2.54. The van der Waals surface area contributed by atoms with Crippen molar-refractivity contribution >= 4 is 46.9 Å². The molecule has 0 spiro atoms. The van der Waals surface area contributed by atoms with E-state index in [1.165, 1.54) is 12.0 Å². The number of anilines is 1. The van der Waals surface area contributed by atoms with Crippen LogP contribution < -0.4 is 10.2 Å². The zero-order chi connectivity index (χ0) is 24.6. The van der Waals surface area contributed by atoms with Crippen LogP contribution in [0.3, 0.4) is 0 Å². The number of carbonyl (C=O) groups excluding carboxylic acids is 3. The van der Waals surface area contributed by atoms with Crippen LogP contribution in [0.15, 0.2) is 60.2 Å². The van der Waals surface area contributed by atoms with Crippen LogP contribution >= 0.6 is 12.2 Å². The van der Waals surface area contributed by atoms with Gasteiger partial charge in [-0.1, -0.05) is 18.2 Å². The number of benzene rings is 2. The van der Waals surface area contributed by atoms with E-state index in [2.05, 4.69) is 5.32 Å². The molecule has 8 heteroatoms. The molecular weight excluding hydrogens is 450 g/mol. The van der Waals surface area contributed by atoms with Gasteiger partial charge in [-0.2, -0.15) is 0 Å². The van der Waals surface area contributed by atoms with Crippen molar-refractivity contribution in [3.63, 3.8) is 0 Å². The molecule has 7 nitrogen and oxygen atoms in total. The van der Waals surface area contributed by atoms with Gasteiger partial charge >= 0.3 is 5.97 Å². The van der Waals surface area contributed by atoms with Crippen molar-refractivity contribution in [2.75, 3.05) is 12.0 Å². The Hall–Kier alpha value is -4.04. The minimum absolute atomic E-state index is 0.00172. The number of amides is 2. The van der Waals surface area contributed by atoms with Crippen molar-refractivity contribution in [2.45, 2.75) is 20.8 Å². The van der Waals surface area contributed by atoms with E-state index in [4.69, 9.17) is 17.0 Å². The van der Waals surface area contributed by atoms with Crippen molar-refractivity contribution in [2.24, 2.45) is 0 Å². The fourth-order valence-electron chi connectivity index (χ4n) is 4.04. The average Bonchev–Trinajstić information content (AvgIpc) is 3.10. The first kappa shape index (κ1) is 23.1. The van der Waals surface area contributed by atoms with Crippen molar-refractivity contribution in [1.29, 1.82) is 0 Å². The van der Waals surface area contributed by atoms with Crippen LogP contribution in [-0.2, 0) is 14.3 Å². The number of nitrogens with one attached hydrogen (secondary N) is 1. The maximum atomic E-state index is 13.4. The summed E-state index contributed by atoms with van der Waals surface area (Å²) in [6.45, 7) is 5.72. The van der Waals surface area contributed by atoms with Gasteiger partial charge < -0.3 is 9.30 Å². The van der Waals surface area contributed by atoms with E-state index in [1.807, 2.05) is 61.7 Å². The maximum Gasteiger partial charge on any atom is 0.337 e. The molecule has 0 unspecified atom stereocenters. The number of nitrogens with zero attached hydrogens (tertiary/aromatic N) is 2. The molecule has 0 bridgehead atoms. The highest BCUT2D eigenvalue weighted by molar-refractivity contribution is 7.80. The van der Waals surface area contributed by atoms with E-state index < -0.39 is 17.8 Å². The number of carbonyl (C=O) groups is 3. The second-order valence-corrected chi connectivity index (χ2v) is 8.33. The number of rotatable bonds is 4. The Morgan fingerprint density at radius 3 is 2.35 bits per heavy atom. The summed E-state index contributed by atoms with van der Waals surface area (Å²) in [5, 5.41) is 2.68. The van der Waals surface area contributed by atoms with Crippen LogP contribution in [0, 0.1) is 20.8 Å². The number of ether oxygens (including phenoxy) is 1. The molecule has 1 aromatic heterocycles. The lowest BCUT2D eigenvalue weighted by molar-refractivity contribution is -0.122. The van der Waals surface area contributed by atoms with E-state index in [0.29, 0.717) is 11.3 Å². The highest BCUT2D eigenvalue weighted by Gasteiger charge is 2.35. The van der Waals surface area contributed by atoms with Crippen molar-refractivity contribution in [3.8, 4) is 5.69 Å². The first-order valence-corrected chi connectivity index (χ1v) is 11.0. The Labute approximate surface area is 202 Å². The number of aryl methyl sites for hydroxylation is 2. The van der Waals surface area contributed by atoms with Gasteiger partial charge in [0, 0.05) is 17.1 Å². The van der Waals surface area contributed by atoms with Crippen molar-refractivity contribution < 1.29 is 19.1 Å². The summed E-state index contributed by atoms with van der Waals surface area (Å²) in [6.07, 6.45) is 1.59. The minimum Gasteiger partial charge on any atom is -0.465 e. The smallest absolute Gasteiger partial charge is 0.337 e. The van der Waals surface area contributed by atoms with Crippen LogP contribution in [0.5, 0.6) is 0 Å². The van der Waals surface area contributed by atoms with Crippen LogP contribution in [0.25, 0.3) is 11.8 Å². The van der Waals surface area contributed by atoms with E-state index >= 15 is 0 Å². The SMILES string of the molecule is COC(=O)c1ccc(-n2c(C)cc(/C=C3\C(=O)NC(=S)N(c4ccccc4C)C3=O)c2C)cc1. The monoisotopic (exact) mass is 473 g/mol. The molecule has 0 saturated carbocycles. The van der Waals surface area contributed by atoms with Gasteiger partial charge in [0.15, 0.2) is 5.11 Å². The molecule has 2 heterocycles. The van der Waals surface area contributed by atoms with E-state index in [-0.39, 0.29) is 10.7 Å². The number of hydrogen-bond donors (Lipinski definition) is 1. The van der Waals surface area contributed by atoms with Gasteiger partial charge in [0.2, 0.25) is 0 Å². The normalized spacial score (nSPS) is 15.0. The average molecular weight is 474 g/mol. The number of esters is 1. The molecule has 0 atom stereocenters. The standard InChI is InChI=1S/C26H23N3O4S/c1-15-7-5-6-8-22(15)29-24(31)21(23(30)27-26(29)34)14-19-13-16(2)28(17(19)3)20-11-9-18(10-12-20)25(32)33-4/h5-14H,1-4H3,(H,27,30,34)/b21-14+. The largest absolute Gasteiger partial charge is 0.465 e. The van der Waals surface area contributed by atoms with Gasteiger partial charge in [-0.3, -0.25) is 19.8 Å². The summed E-state index contributed by atoms with van der Waals surface area (Å²) < 4.78 is 6.75. The van der Waals surface area contributed by atoms with Gasteiger partial charge in [0.1, 0.15) is 5.57 Å². The first-order chi connectivity index (χ1) is 16.2. The molecule has 1 aliphatic rings. The molecule has 1 fully saturated rings. The van der Waals surface area contributed by atoms with Crippen molar-refractivity contribution in [1.82, 2.24) is 9.88 Å². The van der Waals surface area contributed by atoms with Crippen LogP contribution in [0.2, 0.25) is 0 Å². The van der Waals surface area contributed by atoms with E-state index in [0.717, 1.165) is 28.2 Å². The topological polar surface area (TPSA) is 80.6 Å². The fourth-order valence-corrected chi connectivity index (χ4v) is 4.32. The number of methoxy groups -OCH3 is 1. The lowest BCUT2D eigenvalue weighted by atomic mass is 10.1. The highest BCUT2D eigenvalue weighted by atomic mass is 32.1. The summed E-state index contributed by atoms with van der Waals surface area (Å²) in [6, 6.07) is 16.3.